The van der Waals surface area contributed by atoms with Crippen molar-refractivity contribution in [1.29, 1.82) is 0 Å². The standard InChI is InChI=1S/C26H49N/c1-3-4-5-6-7-8-9-10-11-12-13-14-15-16-17-18-19-20-21-22-26-23-24-27-25(26)2/h23-24,27H,3-22H2,1-2H3. The van der Waals surface area contributed by atoms with Gasteiger partial charge in [0.1, 0.15) is 0 Å². The zero-order valence-corrected chi connectivity index (χ0v) is 18.8. The third kappa shape index (κ3) is 14.9. The molecule has 1 N–H and O–H groups in total. The Morgan fingerprint density at radius 3 is 1.26 bits per heavy atom. The summed E-state index contributed by atoms with van der Waals surface area (Å²) in [6.07, 6.45) is 31.0. The number of nitrogens with one attached hydrogen (secondary N) is 1. The van der Waals surface area contributed by atoms with Crippen molar-refractivity contribution in [3.05, 3.63) is 23.5 Å². The Balaban J connectivity index is 1.68. The van der Waals surface area contributed by atoms with Gasteiger partial charge in [-0.1, -0.05) is 122 Å². The number of aryl methyl sites for hydroxylation is 2. The lowest BCUT2D eigenvalue weighted by Gasteiger charge is -2.04. The Kier molecular flexibility index (Phi) is 16.8. The monoisotopic (exact) mass is 375 g/mol. The van der Waals surface area contributed by atoms with Gasteiger partial charge in [0.25, 0.3) is 0 Å². The minimum Gasteiger partial charge on any atom is -0.365 e. The molecule has 0 aromatic carbocycles. The van der Waals surface area contributed by atoms with E-state index in [1.54, 1.807) is 0 Å². The zero-order valence-electron chi connectivity index (χ0n) is 18.8. The van der Waals surface area contributed by atoms with E-state index in [2.05, 4.69) is 31.1 Å². The number of hydrogen-bond donors (Lipinski definition) is 1. The summed E-state index contributed by atoms with van der Waals surface area (Å²) in [5.41, 5.74) is 2.87. The highest BCUT2D eigenvalue weighted by atomic mass is 14.7. The smallest absolute Gasteiger partial charge is 0.0148 e. The minimum absolute atomic E-state index is 1.26. The summed E-state index contributed by atoms with van der Waals surface area (Å²) >= 11 is 0. The molecule has 0 saturated heterocycles. The molecule has 1 heteroatoms. The molecule has 0 amide bonds. The lowest BCUT2D eigenvalue weighted by molar-refractivity contribution is 0.523. The second-order valence-corrected chi connectivity index (χ2v) is 8.74. The summed E-state index contributed by atoms with van der Waals surface area (Å²) in [5.74, 6) is 0. The van der Waals surface area contributed by atoms with Gasteiger partial charge in [0.2, 0.25) is 0 Å². The third-order valence-electron chi connectivity index (χ3n) is 6.12. The van der Waals surface area contributed by atoms with E-state index in [4.69, 9.17) is 0 Å². The lowest BCUT2D eigenvalue weighted by atomic mass is 10.0. The van der Waals surface area contributed by atoms with Crippen LogP contribution in [0, 0.1) is 6.92 Å². The first-order valence-electron chi connectivity index (χ1n) is 12.5. The van der Waals surface area contributed by atoms with E-state index >= 15 is 0 Å². The second kappa shape index (κ2) is 18.6. The number of hydrogen-bond acceptors (Lipinski definition) is 0. The van der Waals surface area contributed by atoms with Gasteiger partial charge in [-0.3, -0.25) is 0 Å². The van der Waals surface area contributed by atoms with Crippen LogP contribution in [0.25, 0.3) is 0 Å². The number of unbranched alkanes of at least 4 members (excludes halogenated alkanes) is 18. The molecular weight excluding hydrogens is 326 g/mol. The van der Waals surface area contributed by atoms with Gasteiger partial charge in [0, 0.05) is 11.9 Å². The lowest BCUT2D eigenvalue weighted by Crippen LogP contribution is -1.87. The molecule has 0 spiro atoms. The average Bonchev–Trinajstić information content (AvgIpc) is 3.08. The SMILES string of the molecule is CCCCCCCCCCCCCCCCCCCCCc1cc[nH]c1C. The first-order chi connectivity index (χ1) is 13.3. The minimum atomic E-state index is 1.26. The van der Waals surface area contributed by atoms with Crippen molar-refractivity contribution in [3.8, 4) is 0 Å². The Labute approximate surface area is 171 Å². The summed E-state index contributed by atoms with van der Waals surface area (Å²) in [4.78, 5) is 3.28. The number of rotatable bonds is 20. The fourth-order valence-electron chi connectivity index (χ4n) is 4.15. The first-order valence-corrected chi connectivity index (χ1v) is 12.5. The van der Waals surface area contributed by atoms with Crippen LogP contribution in [0.15, 0.2) is 12.3 Å². The van der Waals surface area contributed by atoms with Crippen LogP contribution in [0.1, 0.15) is 140 Å². The number of aromatic nitrogens is 1. The Morgan fingerprint density at radius 1 is 0.556 bits per heavy atom. The van der Waals surface area contributed by atoms with Gasteiger partial charge in [-0.05, 0) is 31.4 Å². The summed E-state index contributed by atoms with van der Waals surface area (Å²) < 4.78 is 0. The molecule has 1 aromatic heterocycles. The summed E-state index contributed by atoms with van der Waals surface area (Å²) in [5, 5.41) is 0. The van der Waals surface area contributed by atoms with E-state index in [1.165, 1.54) is 140 Å². The van der Waals surface area contributed by atoms with E-state index in [9.17, 15) is 0 Å². The van der Waals surface area contributed by atoms with Crippen LogP contribution in [-0.2, 0) is 6.42 Å². The van der Waals surface area contributed by atoms with Gasteiger partial charge in [-0.15, -0.1) is 0 Å². The molecule has 0 fully saturated rings. The van der Waals surface area contributed by atoms with E-state index < -0.39 is 0 Å². The maximum absolute atomic E-state index is 3.28. The highest BCUT2D eigenvalue weighted by Gasteiger charge is 1.99. The molecule has 0 saturated carbocycles. The van der Waals surface area contributed by atoms with Gasteiger partial charge in [-0.2, -0.15) is 0 Å². The van der Waals surface area contributed by atoms with Gasteiger partial charge in [0.05, 0.1) is 0 Å². The highest BCUT2D eigenvalue weighted by molar-refractivity contribution is 5.18. The van der Waals surface area contributed by atoms with Crippen molar-refractivity contribution in [2.24, 2.45) is 0 Å². The Bertz CT molecular complexity index is 406. The van der Waals surface area contributed by atoms with Crippen LogP contribution >= 0.6 is 0 Å². The molecular formula is C26H49N. The molecule has 158 valence electrons. The molecule has 0 aliphatic heterocycles. The van der Waals surface area contributed by atoms with Crippen molar-refractivity contribution in [2.45, 2.75) is 142 Å². The highest BCUT2D eigenvalue weighted by Crippen LogP contribution is 2.15. The van der Waals surface area contributed by atoms with Crippen molar-refractivity contribution in [3.63, 3.8) is 0 Å². The first kappa shape index (κ1) is 24.3. The number of aromatic amines is 1. The van der Waals surface area contributed by atoms with Crippen molar-refractivity contribution < 1.29 is 0 Å². The molecule has 0 aliphatic rings. The van der Waals surface area contributed by atoms with Crippen molar-refractivity contribution in [1.82, 2.24) is 4.98 Å². The van der Waals surface area contributed by atoms with Gasteiger partial charge >= 0.3 is 0 Å². The zero-order chi connectivity index (χ0) is 19.4. The normalized spacial score (nSPS) is 11.3. The van der Waals surface area contributed by atoms with Crippen LogP contribution in [0.3, 0.4) is 0 Å². The molecule has 1 heterocycles. The third-order valence-corrected chi connectivity index (χ3v) is 6.12. The second-order valence-electron chi connectivity index (χ2n) is 8.74. The average molecular weight is 376 g/mol. The van der Waals surface area contributed by atoms with E-state index in [0.29, 0.717) is 0 Å². The molecule has 0 aliphatic carbocycles. The van der Waals surface area contributed by atoms with Crippen LogP contribution in [0.2, 0.25) is 0 Å². The van der Waals surface area contributed by atoms with Crippen molar-refractivity contribution >= 4 is 0 Å². The van der Waals surface area contributed by atoms with Crippen LogP contribution in [0.5, 0.6) is 0 Å². The fourth-order valence-corrected chi connectivity index (χ4v) is 4.15. The van der Waals surface area contributed by atoms with E-state index in [1.807, 2.05) is 0 Å². The van der Waals surface area contributed by atoms with Gasteiger partial charge < -0.3 is 4.98 Å². The summed E-state index contributed by atoms with van der Waals surface area (Å²) in [6.45, 7) is 4.49. The predicted octanol–water partition coefficient (Wildman–Crippen LogP) is 9.30. The largest absolute Gasteiger partial charge is 0.365 e. The molecule has 0 bridgehead atoms. The molecule has 1 rings (SSSR count). The summed E-state index contributed by atoms with van der Waals surface area (Å²) in [7, 11) is 0. The van der Waals surface area contributed by atoms with E-state index in [0.717, 1.165) is 0 Å². The molecule has 0 radical (unpaired) electrons. The van der Waals surface area contributed by atoms with Crippen LogP contribution in [0.4, 0.5) is 0 Å². The molecule has 27 heavy (non-hydrogen) atoms. The molecule has 1 aromatic rings. The Hall–Kier alpha value is -0.720. The van der Waals surface area contributed by atoms with Crippen molar-refractivity contribution in [2.75, 3.05) is 0 Å². The molecule has 1 nitrogen and oxygen atoms in total. The molecule has 0 unspecified atom stereocenters. The quantitative estimate of drug-likeness (QED) is 0.218. The maximum Gasteiger partial charge on any atom is 0.0148 e. The fraction of sp³-hybridized carbons (Fsp3) is 0.846. The predicted molar refractivity (Wildman–Crippen MR) is 123 cm³/mol. The number of H-pyrrole nitrogens is 1. The van der Waals surface area contributed by atoms with Crippen LogP contribution in [-0.4, -0.2) is 4.98 Å². The maximum atomic E-state index is 3.28. The molecule has 0 atom stereocenters. The topological polar surface area (TPSA) is 15.8 Å². The van der Waals surface area contributed by atoms with Gasteiger partial charge in [0.15, 0.2) is 0 Å². The van der Waals surface area contributed by atoms with Gasteiger partial charge in [-0.25, -0.2) is 0 Å². The van der Waals surface area contributed by atoms with Crippen LogP contribution < -0.4 is 0 Å². The Morgan fingerprint density at radius 2 is 0.926 bits per heavy atom. The summed E-state index contributed by atoms with van der Waals surface area (Å²) in [6, 6.07) is 2.24. The van der Waals surface area contributed by atoms with E-state index in [-0.39, 0.29) is 0 Å².